The van der Waals surface area contributed by atoms with Gasteiger partial charge in [0.2, 0.25) is 0 Å². The molecule has 1 aromatic heterocycles. The van der Waals surface area contributed by atoms with E-state index in [9.17, 15) is 0 Å². The fraction of sp³-hybridized carbons (Fsp3) is 0.611. The van der Waals surface area contributed by atoms with E-state index in [-0.39, 0.29) is 0 Å². The summed E-state index contributed by atoms with van der Waals surface area (Å²) in [6, 6.07) is 5.14. The molecule has 3 heteroatoms. The zero-order valence-corrected chi connectivity index (χ0v) is 13.7. The highest BCUT2D eigenvalue weighted by Gasteiger charge is 2.32. The van der Waals surface area contributed by atoms with E-state index in [0.29, 0.717) is 6.04 Å². The first-order chi connectivity index (χ1) is 10.1. The molecule has 114 valence electrons. The van der Waals surface area contributed by atoms with E-state index >= 15 is 0 Å². The maximum atomic E-state index is 4.61. The number of benzene rings is 1. The van der Waals surface area contributed by atoms with E-state index in [0.717, 1.165) is 30.4 Å². The summed E-state index contributed by atoms with van der Waals surface area (Å²) >= 11 is 0. The Labute approximate surface area is 127 Å². The maximum Gasteiger partial charge on any atom is 0.0961 e. The number of hydrogen-bond donors (Lipinski definition) is 1. The van der Waals surface area contributed by atoms with E-state index in [1.807, 2.05) is 6.33 Å². The average Bonchev–Trinajstić information content (AvgIpc) is 2.77. The summed E-state index contributed by atoms with van der Waals surface area (Å²) in [6.45, 7) is 11.1. The lowest BCUT2D eigenvalue weighted by Crippen LogP contribution is -2.37. The highest BCUT2D eigenvalue weighted by Crippen LogP contribution is 2.40. The second kappa shape index (κ2) is 5.80. The molecule has 21 heavy (non-hydrogen) atoms. The Kier molecular flexibility index (Phi) is 4.03. The van der Waals surface area contributed by atoms with Crippen LogP contribution in [0.15, 0.2) is 18.5 Å². The maximum absolute atomic E-state index is 4.61. The Morgan fingerprint density at radius 2 is 2.00 bits per heavy atom. The third-order valence-corrected chi connectivity index (χ3v) is 4.88. The molecule has 2 aromatic rings. The van der Waals surface area contributed by atoms with Crippen molar-refractivity contribution in [3.05, 3.63) is 29.6 Å². The second-order valence-corrected chi connectivity index (χ2v) is 7.03. The van der Waals surface area contributed by atoms with E-state index in [1.165, 1.54) is 29.5 Å². The summed E-state index contributed by atoms with van der Waals surface area (Å²) in [5.41, 5.74) is 5.13. The highest BCUT2D eigenvalue weighted by molar-refractivity contribution is 5.77. The summed E-state index contributed by atoms with van der Waals surface area (Å²) in [5, 5.41) is 3.61. The van der Waals surface area contributed by atoms with Crippen LogP contribution in [-0.4, -0.2) is 22.6 Å². The van der Waals surface area contributed by atoms with Crippen molar-refractivity contribution in [3.8, 4) is 0 Å². The van der Waals surface area contributed by atoms with Crippen LogP contribution in [0.5, 0.6) is 0 Å². The topological polar surface area (TPSA) is 29.9 Å². The predicted octanol–water partition coefficient (Wildman–Crippen LogP) is 3.85. The largest absolute Gasteiger partial charge is 0.327 e. The molecule has 1 fully saturated rings. The normalized spacial score (nSPS) is 22.0. The van der Waals surface area contributed by atoms with Gasteiger partial charge in [-0.15, -0.1) is 0 Å². The van der Waals surface area contributed by atoms with Crippen LogP contribution in [0.25, 0.3) is 11.0 Å². The summed E-state index contributed by atoms with van der Waals surface area (Å²) in [4.78, 5) is 4.61. The molecule has 1 aliphatic rings. The van der Waals surface area contributed by atoms with Crippen molar-refractivity contribution < 1.29 is 0 Å². The molecule has 0 saturated heterocycles. The molecule has 2 atom stereocenters. The zero-order chi connectivity index (χ0) is 15.0. The Morgan fingerprint density at radius 3 is 2.67 bits per heavy atom. The summed E-state index contributed by atoms with van der Waals surface area (Å²) < 4.78 is 2.41. The molecule has 3 nitrogen and oxygen atoms in total. The van der Waals surface area contributed by atoms with Gasteiger partial charge in [0.25, 0.3) is 0 Å². The Balaban J connectivity index is 1.76. The highest BCUT2D eigenvalue weighted by atomic mass is 15.1. The summed E-state index contributed by atoms with van der Waals surface area (Å²) in [5.74, 6) is 1.48. The third kappa shape index (κ3) is 2.84. The van der Waals surface area contributed by atoms with Crippen LogP contribution >= 0.6 is 0 Å². The van der Waals surface area contributed by atoms with Crippen molar-refractivity contribution >= 4 is 11.0 Å². The van der Waals surface area contributed by atoms with Gasteiger partial charge in [0, 0.05) is 6.04 Å². The van der Waals surface area contributed by atoms with Crippen LogP contribution in [0.4, 0.5) is 0 Å². The number of hydrogen-bond acceptors (Lipinski definition) is 2. The van der Waals surface area contributed by atoms with Crippen LogP contribution < -0.4 is 5.32 Å². The fourth-order valence-corrected chi connectivity index (χ4v) is 3.26. The van der Waals surface area contributed by atoms with Crippen molar-refractivity contribution in [2.45, 2.75) is 46.6 Å². The van der Waals surface area contributed by atoms with Gasteiger partial charge in [0.1, 0.15) is 0 Å². The van der Waals surface area contributed by atoms with E-state index in [1.54, 1.807) is 0 Å². The molecular weight excluding hydrogens is 258 g/mol. The van der Waals surface area contributed by atoms with Crippen LogP contribution in [0.2, 0.25) is 0 Å². The lowest BCUT2D eigenvalue weighted by molar-refractivity contribution is 0.180. The van der Waals surface area contributed by atoms with Gasteiger partial charge in [-0.3, -0.25) is 0 Å². The first kappa shape index (κ1) is 14.6. The summed E-state index contributed by atoms with van der Waals surface area (Å²) in [6.07, 6.45) is 4.66. The van der Waals surface area contributed by atoms with Crippen LogP contribution in [-0.2, 0) is 0 Å². The number of imidazole rings is 1. The molecule has 0 amide bonds. The predicted molar refractivity (Wildman–Crippen MR) is 88.7 cm³/mol. The van der Waals surface area contributed by atoms with Crippen LogP contribution in [0, 0.1) is 25.7 Å². The minimum atomic E-state index is 0.622. The van der Waals surface area contributed by atoms with Crippen molar-refractivity contribution in [2.75, 3.05) is 13.1 Å². The molecule has 1 aliphatic carbocycles. The number of aryl methyl sites for hydroxylation is 2. The van der Waals surface area contributed by atoms with E-state index in [4.69, 9.17) is 0 Å². The van der Waals surface area contributed by atoms with Gasteiger partial charge in [-0.05, 0) is 74.9 Å². The molecule has 0 aliphatic heterocycles. The van der Waals surface area contributed by atoms with Gasteiger partial charge in [0.15, 0.2) is 0 Å². The van der Waals surface area contributed by atoms with Crippen LogP contribution in [0.1, 0.15) is 43.9 Å². The van der Waals surface area contributed by atoms with Gasteiger partial charge in [-0.2, -0.15) is 0 Å². The Morgan fingerprint density at radius 1 is 1.24 bits per heavy atom. The van der Waals surface area contributed by atoms with Crippen molar-refractivity contribution in [3.63, 3.8) is 0 Å². The lowest BCUT2D eigenvalue weighted by Gasteiger charge is -2.38. The molecule has 1 saturated carbocycles. The number of rotatable bonds is 5. The number of fused-ring (bicyclic) bond motifs is 1. The quantitative estimate of drug-likeness (QED) is 0.904. The molecule has 3 rings (SSSR count). The Bertz CT molecular complexity index is 627. The Hall–Kier alpha value is -1.35. The molecule has 0 bridgehead atoms. The monoisotopic (exact) mass is 285 g/mol. The van der Waals surface area contributed by atoms with Gasteiger partial charge in [0.05, 0.1) is 17.4 Å². The lowest BCUT2D eigenvalue weighted by atomic mass is 9.79. The van der Waals surface area contributed by atoms with Gasteiger partial charge in [-0.25, -0.2) is 4.98 Å². The molecule has 1 heterocycles. The van der Waals surface area contributed by atoms with Crippen molar-refractivity contribution in [2.24, 2.45) is 11.8 Å². The van der Waals surface area contributed by atoms with E-state index in [2.05, 4.69) is 54.7 Å². The SMILES string of the molecule is Cc1cc2ncn(C3CCC3CNCC(C)C)c2cc1C. The van der Waals surface area contributed by atoms with Gasteiger partial charge in [-0.1, -0.05) is 13.8 Å². The van der Waals surface area contributed by atoms with Crippen LogP contribution in [0.3, 0.4) is 0 Å². The fourth-order valence-electron chi connectivity index (χ4n) is 3.26. The molecule has 0 radical (unpaired) electrons. The zero-order valence-electron chi connectivity index (χ0n) is 13.7. The molecule has 1 N–H and O–H groups in total. The molecule has 1 aromatic carbocycles. The standard InChI is InChI=1S/C18H27N3/c1-12(2)9-19-10-15-5-6-17(15)21-11-20-16-7-13(3)14(4)8-18(16)21/h7-8,11-12,15,17,19H,5-6,9-10H2,1-4H3. The smallest absolute Gasteiger partial charge is 0.0961 e. The van der Waals surface area contributed by atoms with Crippen molar-refractivity contribution in [1.29, 1.82) is 0 Å². The number of nitrogens with zero attached hydrogens (tertiary/aromatic N) is 2. The minimum Gasteiger partial charge on any atom is -0.327 e. The molecular formula is C18H27N3. The summed E-state index contributed by atoms with van der Waals surface area (Å²) in [7, 11) is 0. The van der Waals surface area contributed by atoms with Gasteiger partial charge < -0.3 is 9.88 Å². The second-order valence-electron chi connectivity index (χ2n) is 7.03. The minimum absolute atomic E-state index is 0.622. The van der Waals surface area contributed by atoms with Gasteiger partial charge >= 0.3 is 0 Å². The van der Waals surface area contributed by atoms with E-state index < -0.39 is 0 Å². The third-order valence-electron chi connectivity index (χ3n) is 4.88. The average molecular weight is 285 g/mol. The number of aromatic nitrogens is 2. The number of nitrogens with one attached hydrogen (secondary N) is 1. The van der Waals surface area contributed by atoms with Crippen molar-refractivity contribution in [1.82, 2.24) is 14.9 Å². The molecule has 2 unspecified atom stereocenters. The first-order valence-electron chi connectivity index (χ1n) is 8.20. The molecule has 0 spiro atoms. The first-order valence-corrected chi connectivity index (χ1v) is 8.20.